The number of hydrogen-bond donors (Lipinski definition) is 1. The molecular weight excluding hydrogens is 394 g/mol. The lowest BCUT2D eigenvalue weighted by atomic mass is 9.99. The van der Waals surface area contributed by atoms with Crippen LogP contribution < -0.4 is 9.47 Å². The van der Waals surface area contributed by atoms with Crippen LogP contribution in [-0.2, 0) is 6.54 Å². The second-order valence-corrected chi connectivity index (χ2v) is 7.01. The number of carbonyl (C=O) groups is 2. The quantitative estimate of drug-likeness (QED) is 0.445. The molecule has 0 bridgehead atoms. The standard InChI is InChI=1S/C25H21NO5/c1-30-17-12-13-19(21(14-17)31-2)24(27)22-18-10-6-7-11-20(18)26(23(22)25(28)29)15-16-8-4-3-5-9-16/h3-14H,15H2,1-2H3,(H,28,29). The Morgan fingerprint density at radius 1 is 0.903 bits per heavy atom. The first-order chi connectivity index (χ1) is 15.0. The molecule has 0 unspecified atom stereocenters. The van der Waals surface area contributed by atoms with Crippen molar-refractivity contribution in [1.29, 1.82) is 0 Å². The Balaban J connectivity index is 1.95. The highest BCUT2D eigenvalue weighted by molar-refractivity contribution is 6.22. The fourth-order valence-corrected chi connectivity index (χ4v) is 3.81. The number of ketones is 1. The number of carboxylic acids is 1. The van der Waals surface area contributed by atoms with E-state index in [0.29, 0.717) is 28.9 Å². The fraction of sp³-hybridized carbons (Fsp3) is 0.120. The largest absolute Gasteiger partial charge is 0.497 e. The Hall–Kier alpha value is -4.06. The summed E-state index contributed by atoms with van der Waals surface area (Å²) in [7, 11) is 2.98. The summed E-state index contributed by atoms with van der Waals surface area (Å²) in [6, 6.07) is 21.6. The van der Waals surface area contributed by atoms with Gasteiger partial charge in [-0.2, -0.15) is 0 Å². The molecule has 4 rings (SSSR count). The lowest BCUT2D eigenvalue weighted by molar-refractivity contribution is 0.0682. The number of aromatic carboxylic acids is 1. The molecule has 0 atom stereocenters. The molecule has 1 heterocycles. The predicted molar refractivity (Wildman–Crippen MR) is 117 cm³/mol. The highest BCUT2D eigenvalue weighted by Crippen LogP contribution is 2.33. The minimum Gasteiger partial charge on any atom is -0.497 e. The van der Waals surface area contributed by atoms with E-state index < -0.39 is 11.8 Å². The summed E-state index contributed by atoms with van der Waals surface area (Å²) in [4.78, 5) is 26.0. The molecule has 156 valence electrons. The van der Waals surface area contributed by atoms with E-state index in [2.05, 4.69) is 0 Å². The SMILES string of the molecule is COc1ccc(C(=O)c2c(C(=O)O)n(Cc3ccccc3)c3ccccc23)c(OC)c1. The van der Waals surface area contributed by atoms with Crippen LogP contribution in [0.3, 0.4) is 0 Å². The zero-order chi connectivity index (χ0) is 22.0. The summed E-state index contributed by atoms with van der Waals surface area (Å²) < 4.78 is 12.3. The van der Waals surface area contributed by atoms with Gasteiger partial charge in [0.25, 0.3) is 0 Å². The van der Waals surface area contributed by atoms with Gasteiger partial charge >= 0.3 is 5.97 Å². The highest BCUT2D eigenvalue weighted by Gasteiger charge is 2.29. The Labute approximate surface area is 179 Å². The van der Waals surface area contributed by atoms with Gasteiger partial charge in [-0.15, -0.1) is 0 Å². The molecule has 0 amide bonds. The number of carboxylic acid groups (broad SMARTS) is 1. The van der Waals surface area contributed by atoms with Crippen LogP contribution >= 0.6 is 0 Å². The van der Waals surface area contributed by atoms with Crippen molar-refractivity contribution in [3.8, 4) is 11.5 Å². The molecule has 1 aromatic heterocycles. The Morgan fingerprint density at radius 2 is 1.61 bits per heavy atom. The molecule has 4 aromatic rings. The highest BCUT2D eigenvalue weighted by atomic mass is 16.5. The summed E-state index contributed by atoms with van der Waals surface area (Å²) >= 11 is 0. The molecule has 0 saturated heterocycles. The van der Waals surface area contributed by atoms with Crippen molar-refractivity contribution in [2.24, 2.45) is 0 Å². The van der Waals surface area contributed by atoms with Crippen molar-refractivity contribution >= 4 is 22.7 Å². The van der Waals surface area contributed by atoms with Crippen molar-refractivity contribution < 1.29 is 24.2 Å². The number of nitrogens with zero attached hydrogens (tertiary/aromatic N) is 1. The van der Waals surface area contributed by atoms with Gasteiger partial charge in [-0.05, 0) is 23.8 Å². The molecule has 0 saturated carbocycles. The number of ether oxygens (including phenoxy) is 2. The number of aromatic nitrogens is 1. The Bertz CT molecular complexity index is 1270. The molecule has 6 heteroatoms. The maximum Gasteiger partial charge on any atom is 0.353 e. The van der Waals surface area contributed by atoms with Gasteiger partial charge in [0.1, 0.15) is 17.2 Å². The van der Waals surface area contributed by atoms with Gasteiger partial charge in [-0.3, -0.25) is 4.79 Å². The maximum atomic E-state index is 13.6. The number of hydrogen-bond acceptors (Lipinski definition) is 4. The second kappa shape index (κ2) is 8.36. The molecule has 0 spiro atoms. The van der Waals surface area contributed by atoms with Crippen molar-refractivity contribution in [3.63, 3.8) is 0 Å². The number of fused-ring (bicyclic) bond motifs is 1. The van der Waals surface area contributed by atoms with Gasteiger partial charge in [0.05, 0.1) is 25.3 Å². The van der Waals surface area contributed by atoms with Crippen molar-refractivity contribution in [1.82, 2.24) is 4.57 Å². The average molecular weight is 415 g/mol. The van der Waals surface area contributed by atoms with Crippen LogP contribution in [0.25, 0.3) is 10.9 Å². The molecule has 0 aliphatic heterocycles. The number of methoxy groups -OCH3 is 2. The van der Waals surface area contributed by atoms with Gasteiger partial charge in [-0.25, -0.2) is 4.79 Å². The van der Waals surface area contributed by atoms with Crippen molar-refractivity contribution in [2.45, 2.75) is 6.54 Å². The van der Waals surface area contributed by atoms with E-state index in [1.807, 2.05) is 42.5 Å². The molecule has 1 N–H and O–H groups in total. The Kier molecular flexibility index (Phi) is 5.45. The van der Waals surface area contributed by atoms with Gasteiger partial charge in [0.2, 0.25) is 0 Å². The van der Waals surface area contributed by atoms with E-state index in [1.54, 1.807) is 34.9 Å². The number of para-hydroxylation sites is 1. The fourth-order valence-electron chi connectivity index (χ4n) is 3.81. The summed E-state index contributed by atoms with van der Waals surface area (Å²) in [5.41, 5.74) is 1.98. The molecule has 0 radical (unpaired) electrons. The lowest BCUT2D eigenvalue weighted by Crippen LogP contribution is -2.15. The zero-order valence-corrected chi connectivity index (χ0v) is 17.2. The topological polar surface area (TPSA) is 77.8 Å². The average Bonchev–Trinajstić information content (AvgIpc) is 3.13. The van der Waals surface area contributed by atoms with E-state index in [0.717, 1.165) is 5.56 Å². The first kappa shape index (κ1) is 20.2. The molecular formula is C25H21NO5. The zero-order valence-electron chi connectivity index (χ0n) is 17.2. The molecule has 0 aliphatic carbocycles. The lowest BCUT2D eigenvalue weighted by Gasteiger charge is -2.11. The van der Waals surface area contributed by atoms with Crippen LogP contribution in [0.1, 0.15) is 32.0 Å². The molecule has 3 aromatic carbocycles. The van der Waals surface area contributed by atoms with Crippen LogP contribution in [0.2, 0.25) is 0 Å². The van der Waals surface area contributed by atoms with Crippen LogP contribution in [0.15, 0.2) is 72.8 Å². The van der Waals surface area contributed by atoms with Crippen LogP contribution in [0, 0.1) is 0 Å². The maximum absolute atomic E-state index is 13.6. The van der Waals surface area contributed by atoms with E-state index in [1.165, 1.54) is 14.2 Å². The smallest absolute Gasteiger partial charge is 0.353 e. The third kappa shape index (κ3) is 3.64. The summed E-state index contributed by atoms with van der Waals surface area (Å²) in [6.07, 6.45) is 0. The normalized spacial score (nSPS) is 10.8. The van der Waals surface area contributed by atoms with Gasteiger partial charge in [0.15, 0.2) is 5.78 Å². The van der Waals surface area contributed by atoms with E-state index in [9.17, 15) is 14.7 Å². The third-order valence-electron chi connectivity index (χ3n) is 5.24. The summed E-state index contributed by atoms with van der Waals surface area (Å²) in [5.74, 6) is -0.721. The first-order valence-corrected chi connectivity index (χ1v) is 9.70. The van der Waals surface area contributed by atoms with E-state index in [4.69, 9.17) is 9.47 Å². The minimum absolute atomic E-state index is 0.0482. The minimum atomic E-state index is -1.16. The van der Waals surface area contributed by atoms with Crippen molar-refractivity contribution in [2.75, 3.05) is 14.2 Å². The van der Waals surface area contributed by atoms with Gasteiger partial charge in [0, 0.05) is 23.5 Å². The molecule has 0 fully saturated rings. The van der Waals surface area contributed by atoms with E-state index in [-0.39, 0.29) is 16.8 Å². The van der Waals surface area contributed by atoms with Crippen LogP contribution in [0.5, 0.6) is 11.5 Å². The molecule has 0 aliphatic rings. The Morgan fingerprint density at radius 3 is 2.29 bits per heavy atom. The number of rotatable bonds is 7. The molecule has 31 heavy (non-hydrogen) atoms. The van der Waals surface area contributed by atoms with Crippen LogP contribution in [0.4, 0.5) is 0 Å². The monoisotopic (exact) mass is 415 g/mol. The predicted octanol–water partition coefficient (Wildman–Crippen LogP) is 4.64. The van der Waals surface area contributed by atoms with E-state index >= 15 is 0 Å². The summed E-state index contributed by atoms with van der Waals surface area (Å²) in [5, 5.41) is 10.7. The number of benzene rings is 3. The van der Waals surface area contributed by atoms with Gasteiger partial charge in [-0.1, -0.05) is 48.5 Å². The number of carbonyl (C=O) groups excluding carboxylic acids is 1. The van der Waals surface area contributed by atoms with Gasteiger partial charge < -0.3 is 19.1 Å². The van der Waals surface area contributed by atoms with Crippen LogP contribution in [-0.4, -0.2) is 35.6 Å². The first-order valence-electron chi connectivity index (χ1n) is 9.70. The second-order valence-electron chi connectivity index (χ2n) is 7.01. The summed E-state index contributed by atoms with van der Waals surface area (Å²) in [6.45, 7) is 0.329. The third-order valence-corrected chi connectivity index (χ3v) is 5.24. The van der Waals surface area contributed by atoms with Crippen molar-refractivity contribution in [3.05, 3.63) is 95.2 Å². The molecule has 6 nitrogen and oxygen atoms in total.